The van der Waals surface area contributed by atoms with Crippen LogP contribution in [0.1, 0.15) is 96.3 Å². The SMILES string of the molecule is C[Si](C)(CCCCCCCCCCCSCCCO)C1CCCCC1. The van der Waals surface area contributed by atoms with Gasteiger partial charge in [0.05, 0.1) is 8.07 Å². The van der Waals surface area contributed by atoms with E-state index < -0.39 is 8.07 Å². The van der Waals surface area contributed by atoms with Crippen molar-refractivity contribution in [3.8, 4) is 0 Å². The van der Waals surface area contributed by atoms with Crippen molar-refractivity contribution in [2.24, 2.45) is 0 Å². The summed E-state index contributed by atoms with van der Waals surface area (Å²) < 4.78 is 0. The summed E-state index contributed by atoms with van der Waals surface area (Å²) in [5, 5.41) is 8.73. The Bertz CT molecular complexity index is 290. The van der Waals surface area contributed by atoms with E-state index in [9.17, 15) is 0 Å². The third-order valence-corrected chi connectivity index (χ3v) is 11.9. The van der Waals surface area contributed by atoms with E-state index in [1.807, 2.05) is 11.8 Å². The number of thioether (sulfide) groups is 1. The molecule has 0 saturated heterocycles. The smallest absolute Gasteiger partial charge is 0.0504 e. The van der Waals surface area contributed by atoms with Crippen LogP contribution >= 0.6 is 11.8 Å². The Balaban J connectivity index is 1.82. The Morgan fingerprint density at radius 2 is 1.24 bits per heavy atom. The van der Waals surface area contributed by atoms with E-state index in [1.165, 1.54) is 82.8 Å². The number of hydrogen-bond acceptors (Lipinski definition) is 2. The third-order valence-electron chi connectivity index (χ3n) is 6.27. The molecule has 3 heteroatoms. The summed E-state index contributed by atoms with van der Waals surface area (Å²) in [6.45, 7) is 5.70. The van der Waals surface area contributed by atoms with Crippen molar-refractivity contribution < 1.29 is 5.11 Å². The first-order valence-electron chi connectivity index (χ1n) is 11.4. The molecule has 1 saturated carbocycles. The summed E-state index contributed by atoms with van der Waals surface area (Å²) in [6, 6.07) is 1.59. The Labute approximate surface area is 164 Å². The molecule has 1 fully saturated rings. The number of aliphatic hydroxyl groups is 1. The van der Waals surface area contributed by atoms with Gasteiger partial charge in [0.25, 0.3) is 0 Å². The topological polar surface area (TPSA) is 20.2 Å². The first-order valence-corrected chi connectivity index (χ1v) is 15.8. The molecule has 1 nitrogen and oxygen atoms in total. The van der Waals surface area contributed by atoms with Crippen molar-refractivity contribution in [3.05, 3.63) is 0 Å². The molecule has 150 valence electrons. The summed E-state index contributed by atoms with van der Waals surface area (Å²) in [5.74, 6) is 2.43. The number of aliphatic hydroxyl groups excluding tert-OH is 1. The maximum atomic E-state index is 8.73. The first kappa shape index (κ1) is 23.6. The van der Waals surface area contributed by atoms with Gasteiger partial charge in [0.1, 0.15) is 0 Å². The average Bonchev–Trinajstić information content (AvgIpc) is 2.63. The molecule has 25 heavy (non-hydrogen) atoms. The van der Waals surface area contributed by atoms with Crippen LogP contribution in [0.25, 0.3) is 0 Å². The lowest BCUT2D eigenvalue weighted by molar-refractivity contribution is 0.296. The van der Waals surface area contributed by atoms with Gasteiger partial charge >= 0.3 is 0 Å². The second kappa shape index (κ2) is 15.6. The zero-order chi connectivity index (χ0) is 18.2. The van der Waals surface area contributed by atoms with Gasteiger partial charge in [-0.15, -0.1) is 0 Å². The molecule has 0 aromatic rings. The van der Waals surface area contributed by atoms with Crippen LogP contribution in [-0.4, -0.2) is 31.3 Å². The predicted molar refractivity (Wildman–Crippen MR) is 120 cm³/mol. The Hall–Kier alpha value is 0.527. The summed E-state index contributed by atoms with van der Waals surface area (Å²) in [6.07, 6.45) is 21.7. The van der Waals surface area contributed by atoms with Crippen LogP contribution in [-0.2, 0) is 0 Å². The van der Waals surface area contributed by atoms with Gasteiger partial charge < -0.3 is 5.11 Å². The molecule has 0 spiro atoms. The lowest BCUT2D eigenvalue weighted by Crippen LogP contribution is -2.33. The van der Waals surface area contributed by atoms with Crippen molar-refractivity contribution in [3.63, 3.8) is 0 Å². The number of rotatable bonds is 16. The molecule has 0 aromatic heterocycles. The van der Waals surface area contributed by atoms with Gasteiger partial charge in [0.2, 0.25) is 0 Å². The van der Waals surface area contributed by atoms with Crippen LogP contribution in [0, 0.1) is 0 Å². The monoisotopic (exact) mass is 386 g/mol. The van der Waals surface area contributed by atoms with E-state index in [1.54, 1.807) is 18.9 Å². The normalized spacial score (nSPS) is 16.4. The van der Waals surface area contributed by atoms with Gasteiger partial charge in [0, 0.05) is 6.61 Å². The fourth-order valence-electron chi connectivity index (χ4n) is 4.38. The molecule has 0 heterocycles. The second-order valence-electron chi connectivity index (χ2n) is 8.95. The van der Waals surface area contributed by atoms with Gasteiger partial charge in [-0.3, -0.25) is 0 Å². The van der Waals surface area contributed by atoms with E-state index in [-0.39, 0.29) is 0 Å². The van der Waals surface area contributed by atoms with Crippen LogP contribution < -0.4 is 0 Å². The van der Waals surface area contributed by atoms with Crippen molar-refractivity contribution in [2.45, 2.75) is 121 Å². The number of unbranched alkanes of at least 4 members (excludes halogenated alkanes) is 8. The fraction of sp³-hybridized carbons (Fsp3) is 1.00. The molecule has 1 aliphatic rings. The molecule has 0 aliphatic heterocycles. The van der Waals surface area contributed by atoms with Crippen LogP contribution in [0.4, 0.5) is 0 Å². The maximum absolute atomic E-state index is 8.73. The zero-order valence-corrected chi connectivity index (χ0v) is 19.2. The average molecular weight is 387 g/mol. The molecule has 1 rings (SSSR count). The van der Waals surface area contributed by atoms with Gasteiger partial charge in [-0.1, -0.05) is 103 Å². The molecule has 0 unspecified atom stereocenters. The molecule has 0 radical (unpaired) electrons. The molecular formula is C22H46OSSi. The molecule has 0 aromatic carbocycles. The van der Waals surface area contributed by atoms with Gasteiger partial charge in [-0.2, -0.15) is 11.8 Å². The lowest BCUT2D eigenvalue weighted by atomic mass is 10.0. The Morgan fingerprint density at radius 3 is 1.84 bits per heavy atom. The highest BCUT2D eigenvalue weighted by molar-refractivity contribution is 7.99. The molecular weight excluding hydrogens is 340 g/mol. The van der Waals surface area contributed by atoms with E-state index in [0.717, 1.165) is 17.7 Å². The van der Waals surface area contributed by atoms with Crippen molar-refractivity contribution in [1.29, 1.82) is 0 Å². The third kappa shape index (κ3) is 12.5. The van der Waals surface area contributed by atoms with Gasteiger partial charge in [0.15, 0.2) is 0 Å². The standard InChI is InChI=1S/C22H46OSSi/c1-25(2,22-16-11-10-12-17-22)21-14-9-7-5-3-4-6-8-13-19-24-20-15-18-23/h22-23H,3-21H2,1-2H3. The molecule has 1 aliphatic carbocycles. The Kier molecular flexibility index (Phi) is 14.7. The molecule has 0 atom stereocenters. The highest BCUT2D eigenvalue weighted by atomic mass is 32.2. The maximum Gasteiger partial charge on any atom is 0.0504 e. The van der Waals surface area contributed by atoms with E-state index in [0.29, 0.717) is 6.61 Å². The first-order chi connectivity index (χ1) is 12.2. The highest BCUT2D eigenvalue weighted by Crippen LogP contribution is 2.39. The van der Waals surface area contributed by atoms with Crippen LogP contribution in [0.3, 0.4) is 0 Å². The summed E-state index contributed by atoms with van der Waals surface area (Å²) >= 11 is 2.01. The zero-order valence-electron chi connectivity index (χ0n) is 17.4. The summed E-state index contributed by atoms with van der Waals surface area (Å²) in [4.78, 5) is 0. The molecule has 1 N–H and O–H groups in total. The van der Waals surface area contributed by atoms with Gasteiger partial charge in [-0.25, -0.2) is 0 Å². The van der Waals surface area contributed by atoms with Gasteiger partial charge in [-0.05, 0) is 29.9 Å². The van der Waals surface area contributed by atoms with Crippen LogP contribution in [0.2, 0.25) is 24.7 Å². The second-order valence-corrected chi connectivity index (χ2v) is 15.5. The van der Waals surface area contributed by atoms with E-state index in [4.69, 9.17) is 5.11 Å². The summed E-state index contributed by atoms with van der Waals surface area (Å²) in [7, 11) is -0.921. The van der Waals surface area contributed by atoms with Crippen molar-refractivity contribution in [2.75, 3.05) is 18.1 Å². The Morgan fingerprint density at radius 1 is 0.720 bits per heavy atom. The minimum Gasteiger partial charge on any atom is -0.396 e. The van der Waals surface area contributed by atoms with E-state index in [2.05, 4.69) is 13.1 Å². The van der Waals surface area contributed by atoms with Crippen molar-refractivity contribution in [1.82, 2.24) is 0 Å². The van der Waals surface area contributed by atoms with E-state index >= 15 is 0 Å². The number of hydrogen-bond donors (Lipinski definition) is 1. The lowest BCUT2D eigenvalue weighted by Gasteiger charge is -2.35. The van der Waals surface area contributed by atoms with Crippen LogP contribution in [0.15, 0.2) is 0 Å². The predicted octanol–water partition coefficient (Wildman–Crippen LogP) is 7.66. The molecule has 0 bridgehead atoms. The minimum atomic E-state index is -0.921. The molecule has 0 amide bonds. The largest absolute Gasteiger partial charge is 0.396 e. The van der Waals surface area contributed by atoms with Crippen LogP contribution in [0.5, 0.6) is 0 Å². The fourth-order valence-corrected chi connectivity index (χ4v) is 8.87. The summed E-state index contributed by atoms with van der Waals surface area (Å²) in [5.41, 5.74) is 1.14. The van der Waals surface area contributed by atoms with Crippen molar-refractivity contribution >= 4 is 19.8 Å². The quantitative estimate of drug-likeness (QED) is 0.217. The minimum absolute atomic E-state index is 0.354. The highest BCUT2D eigenvalue weighted by Gasteiger charge is 2.31.